The third kappa shape index (κ3) is 4.64. The first-order chi connectivity index (χ1) is 15.4. The van der Waals surface area contributed by atoms with Gasteiger partial charge in [-0.05, 0) is 37.5 Å². The molecule has 0 aromatic heterocycles. The summed E-state index contributed by atoms with van der Waals surface area (Å²) in [6.45, 7) is 1.52. The van der Waals surface area contributed by atoms with E-state index < -0.39 is 12.0 Å². The van der Waals surface area contributed by atoms with Crippen LogP contribution >= 0.6 is 0 Å². The Morgan fingerprint density at radius 2 is 1.56 bits per heavy atom. The fraction of sp³-hybridized carbons (Fsp3) is 0.385. The van der Waals surface area contributed by atoms with Gasteiger partial charge in [0.25, 0.3) is 5.91 Å². The predicted octanol–water partition coefficient (Wildman–Crippen LogP) is 4.69. The molecule has 32 heavy (non-hydrogen) atoms. The highest BCUT2D eigenvalue weighted by Gasteiger charge is 2.29. The molecule has 1 unspecified atom stereocenters. The number of amides is 1. The van der Waals surface area contributed by atoms with Crippen molar-refractivity contribution in [3.05, 3.63) is 64.7 Å². The lowest BCUT2D eigenvalue weighted by Crippen LogP contribution is -2.30. The smallest absolute Gasteiger partial charge is 0.306 e. The molecule has 2 aliphatic carbocycles. The second kappa shape index (κ2) is 9.47. The van der Waals surface area contributed by atoms with Crippen molar-refractivity contribution < 1.29 is 23.9 Å². The lowest BCUT2D eigenvalue weighted by atomic mass is 9.84. The topological polar surface area (TPSA) is 89.5 Å². The Labute approximate surface area is 187 Å². The van der Waals surface area contributed by atoms with Crippen LogP contribution in [0, 0.1) is 5.92 Å². The number of carbonyl (C=O) groups excluding carboxylic acids is 4. The van der Waals surface area contributed by atoms with Crippen LogP contribution in [0.25, 0.3) is 0 Å². The number of carbonyl (C=O) groups is 4. The summed E-state index contributed by atoms with van der Waals surface area (Å²) >= 11 is 0. The SMILES string of the molecule is CC(OC(=O)CCC1CCCCC1)C(=O)Nc1ccc2c(c1)C(=O)c1ccccc1C2=O. The van der Waals surface area contributed by atoms with Crippen LogP contribution in [-0.4, -0.2) is 29.5 Å². The van der Waals surface area contributed by atoms with Crippen molar-refractivity contribution in [3.63, 3.8) is 0 Å². The Kier molecular flexibility index (Phi) is 6.49. The maximum atomic E-state index is 12.8. The molecule has 6 nitrogen and oxygen atoms in total. The molecule has 6 heteroatoms. The zero-order chi connectivity index (χ0) is 22.7. The molecule has 1 saturated carbocycles. The lowest BCUT2D eigenvalue weighted by Gasteiger charge is -2.21. The van der Waals surface area contributed by atoms with Gasteiger partial charge in [-0.2, -0.15) is 0 Å². The maximum absolute atomic E-state index is 12.8. The number of anilines is 1. The number of benzene rings is 2. The molecule has 1 N–H and O–H groups in total. The van der Waals surface area contributed by atoms with E-state index in [4.69, 9.17) is 4.74 Å². The number of nitrogens with one attached hydrogen (secondary N) is 1. The molecule has 0 bridgehead atoms. The largest absolute Gasteiger partial charge is 0.453 e. The summed E-state index contributed by atoms with van der Waals surface area (Å²) in [5, 5.41) is 2.68. The number of fused-ring (bicyclic) bond motifs is 2. The maximum Gasteiger partial charge on any atom is 0.306 e. The summed E-state index contributed by atoms with van der Waals surface area (Å²) in [5.74, 6) is -0.755. The Morgan fingerprint density at radius 1 is 0.938 bits per heavy atom. The predicted molar refractivity (Wildman–Crippen MR) is 120 cm³/mol. The highest BCUT2D eigenvalue weighted by molar-refractivity contribution is 6.28. The average molecular weight is 434 g/mol. The minimum absolute atomic E-state index is 0.214. The molecule has 4 rings (SSSR count). The number of esters is 1. The quantitative estimate of drug-likeness (QED) is 0.570. The number of rotatable bonds is 6. The van der Waals surface area contributed by atoms with Gasteiger partial charge in [-0.3, -0.25) is 19.2 Å². The Hall–Kier alpha value is -3.28. The molecule has 1 amide bonds. The minimum atomic E-state index is -0.956. The Morgan fingerprint density at radius 3 is 2.25 bits per heavy atom. The van der Waals surface area contributed by atoms with Crippen LogP contribution in [0.4, 0.5) is 5.69 Å². The molecular formula is C26H27NO5. The number of hydrogen-bond acceptors (Lipinski definition) is 5. The fourth-order valence-corrected chi connectivity index (χ4v) is 4.53. The van der Waals surface area contributed by atoms with Crippen molar-refractivity contribution >= 4 is 29.1 Å². The second-order valence-corrected chi connectivity index (χ2v) is 8.63. The first-order valence-corrected chi connectivity index (χ1v) is 11.3. The Balaban J connectivity index is 1.36. The monoisotopic (exact) mass is 433 g/mol. The van der Waals surface area contributed by atoms with Crippen LogP contribution in [-0.2, 0) is 14.3 Å². The standard InChI is InChI=1S/C26H27NO5/c1-16(32-23(28)14-11-17-7-3-2-4-8-17)26(31)27-18-12-13-21-22(15-18)25(30)20-10-6-5-9-19(20)24(21)29/h5-6,9-10,12-13,15-17H,2-4,7-8,11,14H2,1H3,(H,27,31). The zero-order valence-corrected chi connectivity index (χ0v) is 18.2. The summed E-state index contributed by atoms with van der Waals surface area (Å²) in [6.07, 6.45) is 6.20. The van der Waals surface area contributed by atoms with Crippen molar-refractivity contribution in [1.82, 2.24) is 0 Å². The van der Waals surface area contributed by atoms with Crippen molar-refractivity contribution in [1.29, 1.82) is 0 Å². The molecule has 0 heterocycles. The van der Waals surface area contributed by atoms with Crippen LogP contribution in [0.2, 0.25) is 0 Å². The van der Waals surface area contributed by atoms with E-state index in [2.05, 4.69) is 5.32 Å². The highest BCUT2D eigenvalue weighted by atomic mass is 16.5. The van der Waals surface area contributed by atoms with Gasteiger partial charge in [0.1, 0.15) is 0 Å². The summed E-state index contributed by atoms with van der Waals surface area (Å²) in [7, 11) is 0. The van der Waals surface area contributed by atoms with Crippen LogP contribution in [0.15, 0.2) is 42.5 Å². The van der Waals surface area contributed by atoms with Gasteiger partial charge in [-0.25, -0.2) is 0 Å². The van der Waals surface area contributed by atoms with Crippen molar-refractivity contribution in [2.75, 3.05) is 5.32 Å². The zero-order valence-electron chi connectivity index (χ0n) is 18.2. The van der Waals surface area contributed by atoms with Crippen LogP contribution < -0.4 is 5.32 Å². The average Bonchev–Trinajstić information content (AvgIpc) is 2.82. The van der Waals surface area contributed by atoms with E-state index in [1.165, 1.54) is 32.3 Å². The number of ketones is 2. The van der Waals surface area contributed by atoms with Gasteiger partial charge < -0.3 is 10.1 Å². The second-order valence-electron chi connectivity index (χ2n) is 8.63. The summed E-state index contributed by atoms with van der Waals surface area (Å²) in [4.78, 5) is 50.2. The summed E-state index contributed by atoms with van der Waals surface area (Å²) in [6, 6.07) is 11.3. The van der Waals surface area contributed by atoms with E-state index in [0.717, 1.165) is 19.3 Å². The van der Waals surface area contributed by atoms with E-state index in [0.29, 0.717) is 34.7 Å². The molecule has 1 atom stereocenters. The third-order valence-corrected chi connectivity index (χ3v) is 6.35. The van der Waals surface area contributed by atoms with Crippen LogP contribution in [0.3, 0.4) is 0 Å². The van der Waals surface area contributed by atoms with Crippen molar-refractivity contribution in [2.24, 2.45) is 5.92 Å². The van der Waals surface area contributed by atoms with Crippen LogP contribution in [0.1, 0.15) is 83.7 Å². The third-order valence-electron chi connectivity index (χ3n) is 6.35. The minimum Gasteiger partial charge on any atom is -0.453 e. The first kappa shape index (κ1) is 21.9. The number of hydrogen-bond donors (Lipinski definition) is 1. The molecule has 1 fully saturated rings. The van der Waals surface area contributed by atoms with Crippen molar-refractivity contribution in [2.45, 2.75) is 58.0 Å². The molecular weight excluding hydrogens is 406 g/mol. The van der Waals surface area contributed by atoms with E-state index in [9.17, 15) is 19.2 Å². The van der Waals surface area contributed by atoms with Gasteiger partial charge in [0.2, 0.25) is 0 Å². The summed E-state index contributed by atoms with van der Waals surface area (Å²) < 4.78 is 5.30. The molecule has 0 saturated heterocycles. The Bertz CT molecular complexity index is 1070. The summed E-state index contributed by atoms with van der Waals surface area (Å²) in [5.41, 5.74) is 1.68. The van der Waals surface area contributed by atoms with Gasteiger partial charge in [-0.1, -0.05) is 56.4 Å². The molecule has 0 aliphatic heterocycles. The first-order valence-electron chi connectivity index (χ1n) is 11.3. The number of ether oxygens (including phenoxy) is 1. The van der Waals surface area contributed by atoms with Gasteiger partial charge in [0, 0.05) is 34.4 Å². The normalized spacial score (nSPS) is 16.7. The van der Waals surface area contributed by atoms with Gasteiger partial charge >= 0.3 is 5.97 Å². The molecule has 2 aromatic carbocycles. The van der Waals surface area contributed by atoms with Gasteiger partial charge in [0.15, 0.2) is 17.7 Å². The highest BCUT2D eigenvalue weighted by Crippen LogP contribution is 2.29. The van der Waals surface area contributed by atoms with Gasteiger partial charge in [-0.15, -0.1) is 0 Å². The lowest BCUT2D eigenvalue weighted by molar-refractivity contribution is -0.153. The van der Waals surface area contributed by atoms with E-state index in [1.807, 2.05) is 0 Å². The van der Waals surface area contributed by atoms with Crippen LogP contribution in [0.5, 0.6) is 0 Å². The molecule has 2 aliphatic rings. The van der Waals surface area contributed by atoms with Gasteiger partial charge in [0.05, 0.1) is 0 Å². The molecule has 166 valence electrons. The fourth-order valence-electron chi connectivity index (χ4n) is 4.53. The van der Waals surface area contributed by atoms with E-state index in [1.54, 1.807) is 36.4 Å². The molecule has 0 spiro atoms. The van der Waals surface area contributed by atoms with E-state index in [-0.39, 0.29) is 23.1 Å². The van der Waals surface area contributed by atoms with E-state index >= 15 is 0 Å². The molecule has 0 radical (unpaired) electrons. The molecule has 2 aromatic rings. The van der Waals surface area contributed by atoms with Crippen molar-refractivity contribution in [3.8, 4) is 0 Å².